The van der Waals surface area contributed by atoms with Crippen LogP contribution in [0.2, 0.25) is 0 Å². The molecule has 0 saturated heterocycles. The van der Waals surface area contributed by atoms with Gasteiger partial charge in [0, 0.05) is 12.0 Å². The molecule has 1 aromatic heterocycles. The Hall–Kier alpha value is -2.45. The van der Waals surface area contributed by atoms with Gasteiger partial charge in [-0.05, 0) is 18.8 Å². The second-order valence-corrected chi connectivity index (χ2v) is 5.47. The summed E-state index contributed by atoms with van der Waals surface area (Å²) in [6.45, 7) is 1.90. The van der Waals surface area contributed by atoms with E-state index in [-0.39, 0.29) is 23.9 Å². The lowest BCUT2D eigenvalue weighted by molar-refractivity contribution is 0.459. The topological polar surface area (TPSA) is 76.7 Å². The number of hydrogen-bond acceptors (Lipinski definition) is 5. The summed E-state index contributed by atoms with van der Waals surface area (Å²) in [6.07, 6.45) is 2.07. The predicted molar refractivity (Wildman–Crippen MR) is 74.9 cm³/mol. The summed E-state index contributed by atoms with van der Waals surface area (Å²) in [4.78, 5) is 11.7. The van der Waals surface area contributed by atoms with Crippen LogP contribution in [-0.4, -0.2) is 15.0 Å². The molecule has 0 bridgehead atoms. The Labute approximate surface area is 129 Å². The summed E-state index contributed by atoms with van der Waals surface area (Å²) in [5, 5.41) is 2.15. The first kappa shape index (κ1) is 15.4. The maximum Gasteiger partial charge on any atom is 0.232 e. The van der Waals surface area contributed by atoms with Gasteiger partial charge in [0.25, 0.3) is 0 Å². The molecule has 0 spiro atoms. The minimum atomic E-state index is -1.57. The predicted octanol–water partition coefficient (Wildman–Crippen LogP) is 3.27. The molecule has 2 aromatic rings. The van der Waals surface area contributed by atoms with Crippen LogP contribution in [0.15, 0.2) is 6.07 Å². The molecule has 1 aliphatic carbocycles. The van der Waals surface area contributed by atoms with E-state index in [1.54, 1.807) is 0 Å². The van der Waals surface area contributed by atoms with Crippen molar-refractivity contribution < 1.29 is 17.6 Å². The Balaban J connectivity index is 1.97. The van der Waals surface area contributed by atoms with Crippen molar-refractivity contribution in [2.75, 3.05) is 11.1 Å². The average Bonchev–Trinajstić information content (AvgIpc) is 3.33. The standard InChI is InChI=1S/C14H13F4N5/c1-5(6-2-3-6)12-21-13(19)23-14(22-12)20-11-9(17)7(15)4-8(16)10(11)18/h4-6H,2-3H2,1H3,(H3,19,20,21,22,23). The zero-order valence-electron chi connectivity index (χ0n) is 12.1. The molecule has 1 atom stereocenters. The fraction of sp³-hybridized carbons (Fsp3) is 0.357. The second kappa shape index (κ2) is 5.64. The van der Waals surface area contributed by atoms with Gasteiger partial charge in [-0.3, -0.25) is 0 Å². The van der Waals surface area contributed by atoms with Gasteiger partial charge < -0.3 is 11.1 Å². The van der Waals surface area contributed by atoms with Crippen LogP contribution in [0.4, 0.5) is 35.1 Å². The molecule has 0 amide bonds. The Morgan fingerprint density at radius 3 is 2.26 bits per heavy atom. The first-order valence-corrected chi connectivity index (χ1v) is 6.98. The second-order valence-electron chi connectivity index (χ2n) is 5.47. The van der Waals surface area contributed by atoms with E-state index in [9.17, 15) is 17.6 Å². The largest absolute Gasteiger partial charge is 0.368 e. The number of nitrogen functional groups attached to an aromatic ring is 1. The number of nitrogens with zero attached hydrogens (tertiary/aromatic N) is 3. The van der Waals surface area contributed by atoms with Gasteiger partial charge in [-0.2, -0.15) is 15.0 Å². The van der Waals surface area contributed by atoms with Crippen LogP contribution in [0, 0.1) is 29.2 Å². The van der Waals surface area contributed by atoms with Crippen LogP contribution in [0.25, 0.3) is 0 Å². The van der Waals surface area contributed by atoms with Gasteiger partial charge in [-0.15, -0.1) is 0 Å². The lowest BCUT2D eigenvalue weighted by atomic mass is 10.1. The average molecular weight is 327 g/mol. The molecule has 0 aliphatic heterocycles. The molecule has 3 rings (SSSR count). The van der Waals surface area contributed by atoms with Crippen molar-refractivity contribution in [3.05, 3.63) is 35.2 Å². The Morgan fingerprint density at radius 1 is 1.09 bits per heavy atom. The van der Waals surface area contributed by atoms with Gasteiger partial charge in [-0.1, -0.05) is 6.92 Å². The molecule has 1 aromatic carbocycles. The Kier molecular flexibility index (Phi) is 3.78. The molecule has 23 heavy (non-hydrogen) atoms. The van der Waals surface area contributed by atoms with Gasteiger partial charge in [0.1, 0.15) is 11.5 Å². The fourth-order valence-electron chi connectivity index (χ4n) is 2.27. The molecule has 1 fully saturated rings. The third-order valence-corrected chi connectivity index (χ3v) is 3.75. The molecule has 3 N–H and O–H groups in total. The highest BCUT2D eigenvalue weighted by Crippen LogP contribution is 2.41. The summed E-state index contributed by atoms with van der Waals surface area (Å²) in [5.41, 5.74) is 4.55. The van der Waals surface area contributed by atoms with E-state index in [0.717, 1.165) is 12.8 Å². The molecule has 122 valence electrons. The molecular weight excluding hydrogens is 314 g/mol. The van der Waals surface area contributed by atoms with Crippen molar-refractivity contribution in [3.8, 4) is 0 Å². The highest BCUT2D eigenvalue weighted by atomic mass is 19.2. The minimum absolute atomic E-state index is 0.000195. The van der Waals surface area contributed by atoms with Crippen LogP contribution in [0.5, 0.6) is 0 Å². The molecule has 0 radical (unpaired) electrons. The highest BCUT2D eigenvalue weighted by Gasteiger charge is 2.31. The molecule has 1 heterocycles. The quantitative estimate of drug-likeness (QED) is 0.666. The third kappa shape index (κ3) is 3.03. The lowest BCUT2D eigenvalue weighted by Crippen LogP contribution is -2.12. The van der Waals surface area contributed by atoms with Crippen molar-refractivity contribution in [2.24, 2.45) is 5.92 Å². The normalized spacial score (nSPS) is 15.5. The van der Waals surface area contributed by atoms with E-state index in [2.05, 4.69) is 20.3 Å². The number of aromatic nitrogens is 3. The zero-order chi connectivity index (χ0) is 16.7. The van der Waals surface area contributed by atoms with Crippen molar-refractivity contribution in [3.63, 3.8) is 0 Å². The smallest absolute Gasteiger partial charge is 0.232 e. The van der Waals surface area contributed by atoms with Crippen molar-refractivity contribution in [2.45, 2.75) is 25.7 Å². The minimum Gasteiger partial charge on any atom is -0.368 e. The van der Waals surface area contributed by atoms with E-state index in [0.29, 0.717) is 11.7 Å². The third-order valence-electron chi connectivity index (χ3n) is 3.75. The van der Waals surface area contributed by atoms with Gasteiger partial charge >= 0.3 is 0 Å². The number of rotatable bonds is 4. The number of halogens is 4. The van der Waals surface area contributed by atoms with Crippen molar-refractivity contribution in [1.29, 1.82) is 0 Å². The Bertz CT molecular complexity index is 737. The molecule has 1 unspecified atom stereocenters. The summed E-state index contributed by atoms with van der Waals surface area (Å²) >= 11 is 0. The number of anilines is 3. The summed E-state index contributed by atoms with van der Waals surface area (Å²) in [6, 6.07) is 0.123. The lowest BCUT2D eigenvalue weighted by Gasteiger charge is -2.12. The zero-order valence-corrected chi connectivity index (χ0v) is 12.1. The molecule has 5 nitrogen and oxygen atoms in total. The van der Waals surface area contributed by atoms with Crippen LogP contribution in [-0.2, 0) is 0 Å². The van der Waals surface area contributed by atoms with Gasteiger partial charge in [0.05, 0.1) is 0 Å². The first-order valence-electron chi connectivity index (χ1n) is 6.98. The number of benzene rings is 1. The van der Waals surface area contributed by atoms with Crippen LogP contribution in [0.3, 0.4) is 0 Å². The molecule has 9 heteroatoms. The van der Waals surface area contributed by atoms with Crippen LogP contribution in [0.1, 0.15) is 31.5 Å². The van der Waals surface area contributed by atoms with Crippen molar-refractivity contribution >= 4 is 17.6 Å². The van der Waals surface area contributed by atoms with Crippen LogP contribution >= 0.6 is 0 Å². The highest BCUT2D eigenvalue weighted by molar-refractivity contribution is 5.56. The monoisotopic (exact) mass is 327 g/mol. The van der Waals surface area contributed by atoms with Crippen LogP contribution < -0.4 is 11.1 Å². The SMILES string of the molecule is CC(c1nc(N)nc(Nc2c(F)c(F)cc(F)c2F)n1)C1CC1. The van der Waals surface area contributed by atoms with Crippen molar-refractivity contribution in [1.82, 2.24) is 15.0 Å². The summed E-state index contributed by atoms with van der Waals surface area (Å²) in [7, 11) is 0. The van der Waals surface area contributed by atoms with E-state index < -0.39 is 29.0 Å². The van der Waals surface area contributed by atoms with Gasteiger partial charge in [-0.25, -0.2) is 17.6 Å². The van der Waals surface area contributed by atoms with Gasteiger partial charge in [0.15, 0.2) is 23.3 Å². The Morgan fingerprint density at radius 2 is 1.70 bits per heavy atom. The summed E-state index contributed by atoms with van der Waals surface area (Å²) in [5.74, 6) is -5.84. The molecule has 1 saturated carbocycles. The van der Waals surface area contributed by atoms with E-state index in [4.69, 9.17) is 5.73 Å². The molecule has 1 aliphatic rings. The summed E-state index contributed by atoms with van der Waals surface area (Å²) < 4.78 is 53.8. The number of nitrogens with one attached hydrogen (secondary N) is 1. The maximum atomic E-state index is 13.7. The number of nitrogens with two attached hydrogens (primary N) is 1. The van der Waals surface area contributed by atoms with E-state index in [1.165, 1.54) is 0 Å². The fourth-order valence-corrected chi connectivity index (χ4v) is 2.27. The molecular formula is C14H13F4N5. The first-order chi connectivity index (χ1) is 10.9. The van der Waals surface area contributed by atoms with E-state index in [1.807, 2.05) is 6.92 Å². The number of hydrogen-bond donors (Lipinski definition) is 2. The van der Waals surface area contributed by atoms with E-state index >= 15 is 0 Å². The maximum absolute atomic E-state index is 13.7. The van der Waals surface area contributed by atoms with Gasteiger partial charge in [0.2, 0.25) is 11.9 Å².